The van der Waals surface area contributed by atoms with Crippen molar-refractivity contribution in [2.75, 3.05) is 17.7 Å². The molecular weight excluding hydrogens is 460 g/mol. The van der Waals surface area contributed by atoms with Gasteiger partial charge in [-0.2, -0.15) is 0 Å². The van der Waals surface area contributed by atoms with Gasteiger partial charge in [-0.1, -0.05) is 23.4 Å². The van der Waals surface area contributed by atoms with Crippen LogP contribution in [-0.4, -0.2) is 38.8 Å². The molecule has 0 atom stereocenters. The summed E-state index contributed by atoms with van der Waals surface area (Å²) in [6.07, 6.45) is 0.0548. The van der Waals surface area contributed by atoms with Gasteiger partial charge in [-0.15, -0.1) is 11.3 Å². The molecule has 3 rings (SSSR count). The standard InChI is InChI=1S/C20H21ClN4O4S2/c1-4-29-17(27)8-13-9-30-19(22-13)24-16(26)10-31-20-23-15-7-12(21)5-6-14(15)18(28)25(20)11(2)3/h5-7,9,11H,4,8,10H2,1-3H3,(H,22,24,26). The van der Waals surface area contributed by atoms with E-state index in [9.17, 15) is 14.4 Å². The molecule has 1 amide bonds. The zero-order chi connectivity index (χ0) is 22.5. The summed E-state index contributed by atoms with van der Waals surface area (Å²) in [7, 11) is 0. The lowest BCUT2D eigenvalue weighted by Crippen LogP contribution is -2.25. The van der Waals surface area contributed by atoms with Crippen LogP contribution in [0.2, 0.25) is 5.02 Å². The molecule has 0 fully saturated rings. The number of ether oxygens (including phenoxy) is 1. The van der Waals surface area contributed by atoms with Crippen molar-refractivity contribution < 1.29 is 14.3 Å². The van der Waals surface area contributed by atoms with Crippen LogP contribution in [-0.2, 0) is 20.7 Å². The predicted octanol–water partition coefficient (Wildman–Crippen LogP) is 3.92. The third-order valence-electron chi connectivity index (χ3n) is 4.11. The van der Waals surface area contributed by atoms with Crippen LogP contribution in [0.1, 0.15) is 32.5 Å². The van der Waals surface area contributed by atoms with Crippen LogP contribution in [0.4, 0.5) is 5.13 Å². The average molecular weight is 481 g/mol. The first-order valence-corrected chi connectivity index (χ1v) is 11.8. The van der Waals surface area contributed by atoms with E-state index in [1.807, 2.05) is 13.8 Å². The topological polar surface area (TPSA) is 103 Å². The van der Waals surface area contributed by atoms with Gasteiger partial charge in [-0.25, -0.2) is 9.97 Å². The number of thiazole rings is 1. The molecule has 0 unspecified atom stereocenters. The van der Waals surface area contributed by atoms with Crippen molar-refractivity contribution in [1.29, 1.82) is 0 Å². The Bertz CT molecular complexity index is 1180. The van der Waals surface area contributed by atoms with Crippen molar-refractivity contribution in [1.82, 2.24) is 14.5 Å². The highest BCUT2D eigenvalue weighted by molar-refractivity contribution is 7.99. The number of anilines is 1. The number of nitrogens with zero attached hydrogens (tertiary/aromatic N) is 3. The summed E-state index contributed by atoms with van der Waals surface area (Å²) in [5, 5.41) is 6.20. The lowest BCUT2D eigenvalue weighted by molar-refractivity contribution is -0.142. The van der Waals surface area contributed by atoms with Crippen LogP contribution < -0.4 is 10.9 Å². The van der Waals surface area contributed by atoms with Crippen molar-refractivity contribution in [3.8, 4) is 0 Å². The molecule has 164 valence electrons. The number of fused-ring (bicyclic) bond motifs is 1. The van der Waals surface area contributed by atoms with Gasteiger partial charge in [0.05, 0.1) is 35.4 Å². The Morgan fingerprint density at radius 3 is 2.81 bits per heavy atom. The van der Waals surface area contributed by atoms with Crippen molar-refractivity contribution >= 4 is 62.6 Å². The number of halogens is 1. The number of aromatic nitrogens is 3. The second kappa shape index (κ2) is 10.3. The van der Waals surface area contributed by atoms with Gasteiger partial charge in [0.25, 0.3) is 5.56 Å². The molecule has 0 spiro atoms. The molecule has 0 saturated carbocycles. The highest BCUT2D eigenvalue weighted by atomic mass is 35.5. The summed E-state index contributed by atoms with van der Waals surface area (Å²) in [6.45, 7) is 5.81. The van der Waals surface area contributed by atoms with Crippen molar-refractivity contribution in [3.63, 3.8) is 0 Å². The normalized spacial score (nSPS) is 11.1. The highest BCUT2D eigenvalue weighted by Gasteiger charge is 2.16. The minimum absolute atomic E-state index is 0.0397. The van der Waals surface area contributed by atoms with E-state index in [2.05, 4.69) is 15.3 Å². The van der Waals surface area contributed by atoms with E-state index >= 15 is 0 Å². The lowest BCUT2D eigenvalue weighted by Gasteiger charge is -2.16. The van der Waals surface area contributed by atoms with Crippen molar-refractivity contribution in [2.45, 2.75) is 38.4 Å². The summed E-state index contributed by atoms with van der Waals surface area (Å²) in [6, 6.07) is 4.81. The largest absolute Gasteiger partial charge is 0.466 e. The molecule has 11 heteroatoms. The lowest BCUT2D eigenvalue weighted by atomic mass is 10.2. The van der Waals surface area contributed by atoms with Crippen LogP contribution in [0.5, 0.6) is 0 Å². The molecule has 3 aromatic rings. The smallest absolute Gasteiger partial charge is 0.311 e. The van der Waals surface area contributed by atoms with Gasteiger partial charge < -0.3 is 10.1 Å². The summed E-state index contributed by atoms with van der Waals surface area (Å²) >= 11 is 8.43. The number of hydrogen-bond acceptors (Lipinski definition) is 8. The number of thioether (sulfide) groups is 1. The van der Waals surface area contributed by atoms with Gasteiger partial charge in [0.15, 0.2) is 10.3 Å². The van der Waals surface area contributed by atoms with Crippen LogP contribution in [0.25, 0.3) is 10.9 Å². The third kappa shape index (κ3) is 5.84. The Kier molecular flexibility index (Phi) is 7.69. The molecule has 0 aliphatic carbocycles. The van der Waals surface area contributed by atoms with Crippen LogP contribution in [0.15, 0.2) is 33.5 Å². The summed E-state index contributed by atoms with van der Waals surface area (Å²) < 4.78 is 6.46. The monoisotopic (exact) mass is 480 g/mol. The fourth-order valence-electron chi connectivity index (χ4n) is 2.80. The van der Waals surface area contributed by atoms with Gasteiger partial charge in [0.2, 0.25) is 5.91 Å². The molecule has 8 nitrogen and oxygen atoms in total. The maximum absolute atomic E-state index is 12.9. The molecule has 0 radical (unpaired) electrons. The Balaban J connectivity index is 1.71. The zero-order valence-electron chi connectivity index (χ0n) is 17.2. The van der Waals surface area contributed by atoms with E-state index in [4.69, 9.17) is 16.3 Å². The molecule has 2 heterocycles. The number of benzene rings is 1. The summed E-state index contributed by atoms with van der Waals surface area (Å²) in [5.74, 6) is -0.619. The van der Waals surface area contributed by atoms with E-state index in [0.29, 0.717) is 38.5 Å². The van der Waals surface area contributed by atoms with Gasteiger partial charge in [0, 0.05) is 16.4 Å². The fraction of sp³-hybridized carbons (Fsp3) is 0.350. The number of esters is 1. The number of rotatable bonds is 8. The zero-order valence-corrected chi connectivity index (χ0v) is 19.6. The first kappa shape index (κ1) is 23.2. The van der Waals surface area contributed by atoms with E-state index in [1.165, 1.54) is 11.3 Å². The number of carbonyl (C=O) groups excluding carboxylic acids is 2. The first-order chi connectivity index (χ1) is 14.8. The number of amides is 1. The molecule has 0 saturated heterocycles. The SMILES string of the molecule is CCOC(=O)Cc1csc(NC(=O)CSc2nc3cc(Cl)ccc3c(=O)n2C(C)C)n1. The molecule has 31 heavy (non-hydrogen) atoms. The average Bonchev–Trinajstić information content (AvgIpc) is 3.12. The molecule has 1 N–H and O–H groups in total. The third-order valence-corrected chi connectivity index (χ3v) is 6.10. The Hall–Kier alpha value is -2.43. The van der Waals surface area contributed by atoms with Crippen LogP contribution in [0, 0.1) is 0 Å². The predicted molar refractivity (Wildman–Crippen MR) is 123 cm³/mol. The molecule has 1 aromatic carbocycles. The molecular formula is C20H21ClN4O4S2. The van der Waals surface area contributed by atoms with Crippen molar-refractivity contribution in [3.05, 3.63) is 44.6 Å². The summed E-state index contributed by atoms with van der Waals surface area (Å²) in [4.78, 5) is 45.6. The molecule has 2 aromatic heterocycles. The van der Waals surface area contributed by atoms with E-state index in [-0.39, 0.29) is 35.7 Å². The maximum atomic E-state index is 12.9. The summed E-state index contributed by atoms with van der Waals surface area (Å²) in [5.41, 5.74) is 0.845. The van der Waals surface area contributed by atoms with Gasteiger partial charge in [0.1, 0.15) is 0 Å². The highest BCUT2D eigenvalue weighted by Crippen LogP contribution is 2.23. The van der Waals surface area contributed by atoms with Gasteiger partial charge >= 0.3 is 5.97 Å². The van der Waals surface area contributed by atoms with Crippen LogP contribution in [0.3, 0.4) is 0 Å². The Morgan fingerprint density at radius 2 is 2.10 bits per heavy atom. The number of carbonyl (C=O) groups is 2. The first-order valence-electron chi connectivity index (χ1n) is 9.53. The minimum atomic E-state index is -0.365. The second-order valence-electron chi connectivity index (χ2n) is 6.79. The fourth-order valence-corrected chi connectivity index (χ4v) is 4.62. The second-order valence-corrected chi connectivity index (χ2v) is 9.02. The minimum Gasteiger partial charge on any atom is -0.466 e. The van der Waals surface area contributed by atoms with E-state index in [0.717, 1.165) is 11.8 Å². The van der Waals surface area contributed by atoms with E-state index < -0.39 is 0 Å². The van der Waals surface area contributed by atoms with Gasteiger partial charge in [-0.3, -0.25) is 19.0 Å². The Morgan fingerprint density at radius 1 is 1.32 bits per heavy atom. The molecule has 0 bridgehead atoms. The number of hydrogen-bond donors (Lipinski definition) is 1. The van der Waals surface area contributed by atoms with Gasteiger partial charge in [-0.05, 0) is 39.0 Å². The van der Waals surface area contributed by atoms with Crippen LogP contribution >= 0.6 is 34.7 Å². The quantitative estimate of drug-likeness (QED) is 0.296. The number of nitrogens with one attached hydrogen (secondary N) is 1. The Labute approximate surface area is 192 Å². The maximum Gasteiger partial charge on any atom is 0.311 e. The molecule has 0 aliphatic rings. The molecule has 0 aliphatic heterocycles. The van der Waals surface area contributed by atoms with Crippen molar-refractivity contribution in [2.24, 2.45) is 0 Å². The van der Waals surface area contributed by atoms with E-state index in [1.54, 1.807) is 35.1 Å².